The van der Waals surface area contributed by atoms with E-state index < -0.39 is 0 Å². The maximum absolute atomic E-state index is 12.2. The monoisotopic (exact) mass is 281 g/mol. The summed E-state index contributed by atoms with van der Waals surface area (Å²) in [5.74, 6) is 0.899. The fraction of sp³-hybridized carbons (Fsp3) is 0.533. The summed E-state index contributed by atoms with van der Waals surface area (Å²) in [5.41, 5.74) is 2.97. The Morgan fingerprint density at radius 2 is 2.11 bits per heavy atom. The SMILES string of the molecule is CC(C)CC(CCl)NC(=O)c1ccc2c(c1)COC2. The fourth-order valence-corrected chi connectivity index (χ4v) is 2.51. The highest BCUT2D eigenvalue weighted by molar-refractivity contribution is 6.18. The van der Waals surface area contributed by atoms with Gasteiger partial charge in [0.25, 0.3) is 5.91 Å². The Morgan fingerprint density at radius 3 is 2.79 bits per heavy atom. The molecule has 0 saturated carbocycles. The van der Waals surface area contributed by atoms with Gasteiger partial charge in [0.15, 0.2) is 0 Å². The number of amides is 1. The number of hydrogen-bond donors (Lipinski definition) is 1. The molecule has 4 heteroatoms. The lowest BCUT2D eigenvalue weighted by Gasteiger charge is -2.18. The van der Waals surface area contributed by atoms with Gasteiger partial charge in [-0.2, -0.15) is 0 Å². The second-order valence-corrected chi connectivity index (χ2v) is 5.74. The average Bonchev–Trinajstić information content (AvgIpc) is 2.84. The Labute approximate surface area is 119 Å². The molecular formula is C15H20ClNO2. The molecule has 0 bridgehead atoms. The molecule has 0 radical (unpaired) electrons. The summed E-state index contributed by atoms with van der Waals surface area (Å²) >= 11 is 5.90. The predicted octanol–water partition coefficient (Wildman–Crippen LogP) is 3.10. The van der Waals surface area contributed by atoms with Crippen LogP contribution in [0.1, 0.15) is 41.8 Å². The van der Waals surface area contributed by atoms with Crippen LogP contribution in [0, 0.1) is 5.92 Å². The quantitative estimate of drug-likeness (QED) is 0.842. The number of benzene rings is 1. The zero-order valence-electron chi connectivity index (χ0n) is 11.4. The first-order valence-electron chi connectivity index (χ1n) is 6.66. The zero-order valence-corrected chi connectivity index (χ0v) is 12.2. The van der Waals surface area contributed by atoms with E-state index in [1.54, 1.807) is 0 Å². The van der Waals surface area contributed by atoms with Crippen LogP contribution >= 0.6 is 11.6 Å². The van der Waals surface area contributed by atoms with Crippen LogP contribution in [0.3, 0.4) is 0 Å². The van der Waals surface area contributed by atoms with Crippen molar-refractivity contribution in [3.05, 3.63) is 34.9 Å². The molecule has 2 rings (SSSR count). The Hall–Kier alpha value is -1.06. The molecule has 0 spiro atoms. The highest BCUT2D eigenvalue weighted by Crippen LogP contribution is 2.21. The lowest BCUT2D eigenvalue weighted by molar-refractivity contribution is 0.0936. The number of alkyl halides is 1. The van der Waals surface area contributed by atoms with E-state index in [4.69, 9.17) is 16.3 Å². The summed E-state index contributed by atoms with van der Waals surface area (Å²) < 4.78 is 5.35. The van der Waals surface area contributed by atoms with Crippen molar-refractivity contribution >= 4 is 17.5 Å². The van der Waals surface area contributed by atoms with Crippen LogP contribution in [-0.2, 0) is 18.0 Å². The fourth-order valence-electron chi connectivity index (χ4n) is 2.31. The highest BCUT2D eigenvalue weighted by Gasteiger charge is 2.17. The van der Waals surface area contributed by atoms with Crippen molar-refractivity contribution in [2.24, 2.45) is 5.92 Å². The van der Waals surface area contributed by atoms with Gasteiger partial charge >= 0.3 is 0 Å². The molecular weight excluding hydrogens is 262 g/mol. The largest absolute Gasteiger partial charge is 0.372 e. The summed E-state index contributed by atoms with van der Waals surface area (Å²) in [4.78, 5) is 12.2. The smallest absolute Gasteiger partial charge is 0.251 e. The number of hydrogen-bond acceptors (Lipinski definition) is 2. The maximum Gasteiger partial charge on any atom is 0.251 e. The molecule has 19 heavy (non-hydrogen) atoms. The second-order valence-electron chi connectivity index (χ2n) is 5.43. The summed E-state index contributed by atoms with van der Waals surface area (Å²) in [7, 11) is 0. The molecule has 0 fully saturated rings. The van der Waals surface area contributed by atoms with Crippen LogP contribution in [0.2, 0.25) is 0 Å². The minimum Gasteiger partial charge on any atom is -0.372 e. The van der Waals surface area contributed by atoms with E-state index in [-0.39, 0.29) is 11.9 Å². The van der Waals surface area contributed by atoms with E-state index in [0.717, 1.165) is 12.0 Å². The van der Waals surface area contributed by atoms with Crippen molar-refractivity contribution in [2.75, 3.05) is 5.88 Å². The van der Waals surface area contributed by atoms with Crippen LogP contribution < -0.4 is 5.32 Å². The van der Waals surface area contributed by atoms with E-state index in [2.05, 4.69) is 19.2 Å². The Balaban J connectivity index is 2.03. The molecule has 1 aliphatic heterocycles. The Bertz CT molecular complexity index is 459. The molecule has 104 valence electrons. The Morgan fingerprint density at radius 1 is 1.37 bits per heavy atom. The van der Waals surface area contributed by atoms with Gasteiger partial charge in [-0.1, -0.05) is 19.9 Å². The predicted molar refractivity (Wildman–Crippen MR) is 76.4 cm³/mol. The molecule has 0 aliphatic carbocycles. The van der Waals surface area contributed by atoms with E-state index >= 15 is 0 Å². The standard InChI is InChI=1S/C15H20ClNO2/c1-10(2)5-14(7-16)17-15(18)11-3-4-12-8-19-9-13(12)6-11/h3-4,6,10,14H,5,7-9H2,1-2H3,(H,17,18). The van der Waals surface area contributed by atoms with Gasteiger partial charge in [0, 0.05) is 17.5 Å². The molecule has 0 saturated heterocycles. The first kappa shape index (κ1) is 14.4. The van der Waals surface area contributed by atoms with Crippen molar-refractivity contribution < 1.29 is 9.53 Å². The number of halogens is 1. The number of fused-ring (bicyclic) bond motifs is 1. The van der Waals surface area contributed by atoms with E-state index in [1.165, 1.54) is 5.56 Å². The van der Waals surface area contributed by atoms with Crippen LogP contribution in [0.25, 0.3) is 0 Å². The van der Waals surface area contributed by atoms with E-state index in [1.807, 2.05) is 18.2 Å². The molecule has 1 amide bonds. The molecule has 1 aliphatic rings. The first-order valence-corrected chi connectivity index (χ1v) is 7.20. The van der Waals surface area contributed by atoms with Gasteiger partial charge in [-0.25, -0.2) is 0 Å². The molecule has 3 nitrogen and oxygen atoms in total. The summed E-state index contributed by atoms with van der Waals surface area (Å²) in [6.45, 7) is 5.49. The van der Waals surface area contributed by atoms with Crippen molar-refractivity contribution in [1.29, 1.82) is 0 Å². The summed E-state index contributed by atoms with van der Waals surface area (Å²) in [6.07, 6.45) is 0.892. The molecule has 1 atom stereocenters. The lowest BCUT2D eigenvalue weighted by Crippen LogP contribution is -2.37. The first-order chi connectivity index (χ1) is 9.10. The number of ether oxygens (including phenoxy) is 1. The van der Waals surface area contributed by atoms with Crippen LogP contribution in [0.15, 0.2) is 18.2 Å². The third-order valence-electron chi connectivity index (χ3n) is 3.26. The van der Waals surface area contributed by atoms with Crippen molar-refractivity contribution in [3.63, 3.8) is 0 Å². The lowest BCUT2D eigenvalue weighted by atomic mass is 10.0. The number of nitrogens with one attached hydrogen (secondary N) is 1. The normalized spacial score (nSPS) is 15.4. The van der Waals surface area contributed by atoms with Gasteiger partial charge in [-0.05, 0) is 35.6 Å². The van der Waals surface area contributed by atoms with E-state index in [0.29, 0.717) is 30.6 Å². The summed E-state index contributed by atoms with van der Waals surface area (Å²) in [5, 5.41) is 2.99. The van der Waals surface area contributed by atoms with Gasteiger partial charge in [0.1, 0.15) is 0 Å². The third-order valence-corrected chi connectivity index (χ3v) is 3.63. The van der Waals surface area contributed by atoms with Gasteiger partial charge in [0.2, 0.25) is 0 Å². The molecule has 1 aromatic carbocycles. The number of rotatable bonds is 5. The third kappa shape index (κ3) is 3.71. The van der Waals surface area contributed by atoms with Gasteiger partial charge < -0.3 is 10.1 Å². The highest BCUT2D eigenvalue weighted by atomic mass is 35.5. The maximum atomic E-state index is 12.2. The molecule has 1 aromatic rings. The van der Waals surface area contributed by atoms with Crippen molar-refractivity contribution in [1.82, 2.24) is 5.32 Å². The van der Waals surface area contributed by atoms with Crippen molar-refractivity contribution in [3.8, 4) is 0 Å². The van der Waals surface area contributed by atoms with E-state index in [9.17, 15) is 4.79 Å². The molecule has 1 N–H and O–H groups in total. The summed E-state index contributed by atoms with van der Waals surface area (Å²) in [6, 6.07) is 5.76. The average molecular weight is 282 g/mol. The molecule has 0 aromatic heterocycles. The molecule has 1 unspecified atom stereocenters. The van der Waals surface area contributed by atoms with Crippen molar-refractivity contribution in [2.45, 2.75) is 39.5 Å². The van der Waals surface area contributed by atoms with Gasteiger partial charge in [-0.3, -0.25) is 4.79 Å². The number of carbonyl (C=O) groups excluding carboxylic acids is 1. The van der Waals surface area contributed by atoms with Gasteiger partial charge in [-0.15, -0.1) is 11.6 Å². The Kier molecular flexibility index (Phi) is 4.83. The minimum atomic E-state index is -0.0546. The van der Waals surface area contributed by atoms with Gasteiger partial charge in [0.05, 0.1) is 13.2 Å². The van der Waals surface area contributed by atoms with Crippen LogP contribution in [0.4, 0.5) is 0 Å². The zero-order chi connectivity index (χ0) is 13.8. The number of carbonyl (C=O) groups is 1. The molecule has 1 heterocycles. The second kappa shape index (κ2) is 6.40. The van der Waals surface area contributed by atoms with Crippen LogP contribution in [-0.4, -0.2) is 17.8 Å². The topological polar surface area (TPSA) is 38.3 Å². The van der Waals surface area contributed by atoms with Crippen LogP contribution in [0.5, 0.6) is 0 Å². The minimum absolute atomic E-state index is 0.0265.